The zero-order chi connectivity index (χ0) is 39.6. The Hall–Kier alpha value is 2.73. The fourth-order valence-corrected chi connectivity index (χ4v) is 42.8. The van der Waals surface area contributed by atoms with Crippen molar-refractivity contribution in [2.45, 2.75) is 218 Å². The normalized spacial score (nSPS) is 16.1. The highest BCUT2D eigenvalue weighted by Gasteiger charge is 2.47. The third-order valence-electron chi connectivity index (χ3n) is 15.1. The third kappa shape index (κ3) is 13.9. The van der Waals surface area contributed by atoms with Crippen LogP contribution >= 0.6 is 56.1 Å². The number of nitrogens with zero attached hydrogens (tertiary/aromatic N) is 2. The molecule has 0 saturated carbocycles. The number of thioether (sulfide) groups is 1. The van der Waals surface area contributed by atoms with Gasteiger partial charge >= 0.3 is 0 Å². The Morgan fingerprint density at radius 2 is 0.627 bits per heavy atom. The number of hydrogen-bond donors (Lipinski definition) is 0. The lowest BCUT2D eigenvalue weighted by Gasteiger charge is -2.52. The van der Waals surface area contributed by atoms with Crippen molar-refractivity contribution in [3.63, 3.8) is 0 Å². The molecule has 0 amide bonds. The number of halogens is 4. The van der Waals surface area contributed by atoms with Crippen LogP contribution in [0.5, 0.6) is 0 Å². The largest absolute Gasteiger partial charge is 0.345 e. The molecule has 0 aliphatic carbocycles. The van der Waals surface area contributed by atoms with Crippen LogP contribution in [0.2, 0.25) is 82.6 Å². The summed E-state index contributed by atoms with van der Waals surface area (Å²) in [5, 5.41) is 0.161. The van der Waals surface area contributed by atoms with Crippen LogP contribution in [0.15, 0.2) is 0 Å². The van der Waals surface area contributed by atoms with Crippen LogP contribution < -0.4 is 0 Å². The minimum absolute atomic E-state index is 0.0803. The number of rotatable bonds is 32. The molecule has 51 heavy (non-hydrogen) atoms. The third-order valence-corrected chi connectivity index (χ3v) is 52.7. The standard InChI is InChI=1S/C38H88Cl4N2SSi6/c1-15-48(16-2,17-3)43(49(18-4,19-5)20-6)33-27-29-37(13,46(39)40)31-35-45-36-32-38(14,47(41)42)30-28-34-44(50(21-7,22-8)23-9)51(24-10,25-11)26-12/h46-47H,15-36H2,1-14H3. The first-order valence-corrected chi connectivity index (χ1v) is 41.3. The van der Waals surface area contributed by atoms with Gasteiger partial charge in [-0.25, -0.2) is 0 Å². The molecule has 0 aliphatic heterocycles. The zero-order valence-corrected chi connectivity index (χ0v) is 46.7. The molecule has 0 spiro atoms. The van der Waals surface area contributed by atoms with E-state index in [1.54, 1.807) is 0 Å². The summed E-state index contributed by atoms with van der Waals surface area (Å²) in [5.74, 6) is 2.27. The predicted molar refractivity (Wildman–Crippen MR) is 262 cm³/mol. The van der Waals surface area contributed by atoms with Crippen molar-refractivity contribution in [3.05, 3.63) is 0 Å². The molecule has 0 rings (SSSR count). The van der Waals surface area contributed by atoms with Gasteiger partial charge in [0.1, 0.15) is 32.9 Å². The topological polar surface area (TPSA) is 6.48 Å². The van der Waals surface area contributed by atoms with Crippen LogP contribution in [-0.2, 0) is 0 Å². The lowest BCUT2D eigenvalue weighted by atomic mass is 10.0. The van der Waals surface area contributed by atoms with Crippen molar-refractivity contribution in [2.75, 3.05) is 24.6 Å². The Balaban J connectivity index is 5.62. The zero-order valence-electron chi connectivity index (χ0n) is 36.5. The molecular weight excluding hydrogens is 827 g/mol. The van der Waals surface area contributed by atoms with Gasteiger partial charge < -0.3 is 8.46 Å². The van der Waals surface area contributed by atoms with Gasteiger partial charge in [-0.15, -0.1) is 44.3 Å². The van der Waals surface area contributed by atoms with Gasteiger partial charge in [0.2, 0.25) is 14.8 Å². The van der Waals surface area contributed by atoms with E-state index in [2.05, 4.69) is 117 Å². The highest BCUT2D eigenvalue weighted by molar-refractivity contribution is 7.99. The highest BCUT2D eigenvalue weighted by Crippen LogP contribution is 2.47. The summed E-state index contributed by atoms with van der Waals surface area (Å²) in [4.78, 5) is 0. The van der Waals surface area contributed by atoms with Crippen molar-refractivity contribution < 1.29 is 0 Å². The molecule has 0 aromatic heterocycles. The summed E-state index contributed by atoms with van der Waals surface area (Å²) < 4.78 is 6.47. The van der Waals surface area contributed by atoms with Crippen LogP contribution in [0.4, 0.5) is 0 Å². The molecule has 0 saturated heterocycles. The SMILES string of the molecule is CC[Si](CC)(CC)N(CCCC(C)(CCSCCC(C)(CCCN([Si](CC)(CC)CC)[Si](CC)(CC)CC)[SiH](Cl)Cl)[SiH](Cl)Cl)[Si](CC)(CC)CC. The van der Waals surface area contributed by atoms with Crippen molar-refractivity contribution in [1.82, 2.24) is 8.46 Å². The molecule has 0 aliphatic rings. The molecule has 0 aromatic rings. The van der Waals surface area contributed by atoms with Crippen LogP contribution in [0.3, 0.4) is 0 Å². The molecule has 0 radical (unpaired) electrons. The van der Waals surface area contributed by atoms with Gasteiger partial charge in [-0.1, -0.05) is 96.9 Å². The summed E-state index contributed by atoms with van der Waals surface area (Å²) in [7, 11) is -9.57. The van der Waals surface area contributed by atoms with Gasteiger partial charge in [0.05, 0.1) is 0 Å². The molecule has 2 atom stereocenters. The van der Waals surface area contributed by atoms with E-state index in [0.717, 1.165) is 24.3 Å². The lowest BCUT2D eigenvalue weighted by Crippen LogP contribution is -2.66. The lowest BCUT2D eigenvalue weighted by molar-refractivity contribution is 0.465. The van der Waals surface area contributed by atoms with E-state index in [1.165, 1.54) is 111 Å². The van der Waals surface area contributed by atoms with E-state index in [-0.39, 0.29) is 10.1 Å². The van der Waals surface area contributed by atoms with Gasteiger partial charge in [-0.2, -0.15) is 11.8 Å². The van der Waals surface area contributed by atoms with E-state index in [0.29, 0.717) is 0 Å². The Bertz CT molecular complexity index is 767. The second-order valence-corrected chi connectivity index (χ2v) is 49.8. The summed E-state index contributed by atoms with van der Waals surface area (Å²) >= 11 is 29.9. The van der Waals surface area contributed by atoms with E-state index >= 15 is 0 Å². The molecule has 2 nitrogen and oxygen atoms in total. The molecule has 0 fully saturated rings. The van der Waals surface area contributed by atoms with Crippen molar-refractivity contribution in [3.8, 4) is 0 Å². The minimum Gasteiger partial charge on any atom is -0.345 e. The van der Waals surface area contributed by atoms with Crippen LogP contribution in [0.1, 0.15) is 135 Å². The maximum atomic E-state index is 6.95. The molecule has 308 valence electrons. The average molecular weight is 916 g/mol. The first-order chi connectivity index (χ1) is 24.0. The number of hydrogen-bond acceptors (Lipinski definition) is 3. The van der Waals surface area contributed by atoms with E-state index in [9.17, 15) is 0 Å². The Morgan fingerprint density at radius 1 is 0.412 bits per heavy atom. The first-order valence-electron chi connectivity index (χ1n) is 21.7. The van der Waals surface area contributed by atoms with Crippen molar-refractivity contribution in [1.29, 1.82) is 0 Å². The Kier molecular flexibility index (Phi) is 27.3. The first kappa shape index (κ1) is 53.7. The maximum Gasteiger partial charge on any atom is 0.242 e. The monoisotopic (exact) mass is 912 g/mol. The van der Waals surface area contributed by atoms with Gasteiger partial charge in [0.25, 0.3) is 0 Å². The molecule has 0 N–H and O–H groups in total. The van der Waals surface area contributed by atoms with Gasteiger partial charge in [-0.05, 0) is 146 Å². The minimum atomic E-state index is -1.86. The van der Waals surface area contributed by atoms with E-state index in [4.69, 9.17) is 44.3 Å². The van der Waals surface area contributed by atoms with Crippen LogP contribution in [0.25, 0.3) is 0 Å². The van der Waals surface area contributed by atoms with E-state index < -0.39 is 47.8 Å². The summed E-state index contributed by atoms with van der Waals surface area (Å²) in [6.45, 7) is 37.2. The quantitative estimate of drug-likeness (QED) is 0.0377. The maximum absolute atomic E-state index is 6.95. The second kappa shape index (κ2) is 26.0. The predicted octanol–water partition coefficient (Wildman–Crippen LogP) is 15.6. The van der Waals surface area contributed by atoms with E-state index in [1.807, 2.05) is 0 Å². The summed E-state index contributed by atoms with van der Waals surface area (Å²) in [6.07, 6.45) is 7.07. The highest BCUT2D eigenvalue weighted by atomic mass is 35.7. The summed E-state index contributed by atoms with van der Waals surface area (Å²) in [5.41, 5.74) is 0. The van der Waals surface area contributed by atoms with Crippen molar-refractivity contribution >= 4 is 104 Å². The molecular formula is C38H88Cl4N2SSi6. The van der Waals surface area contributed by atoms with Crippen LogP contribution in [-0.4, -0.2) is 80.8 Å². The fourth-order valence-electron chi connectivity index (χ4n) is 9.93. The smallest absolute Gasteiger partial charge is 0.242 e. The Morgan fingerprint density at radius 3 is 0.804 bits per heavy atom. The molecule has 13 heteroatoms. The molecule has 0 aromatic carbocycles. The van der Waals surface area contributed by atoms with Gasteiger partial charge in [0.15, 0.2) is 0 Å². The van der Waals surface area contributed by atoms with Crippen molar-refractivity contribution in [2.24, 2.45) is 0 Å². The van der Waals surface area contributed by atoms with Crippen LogP contribution in [0, 0.1) is 0 Å². The summed E-state index contributed by atoms with van der Waals surface area (Å²) in [6, 6.07) is 16.6. The molecule has 0 heterocycles. The van der Waals surface area contributed by atoms with Gasteiger partial charge in [0, 0.05) is 0 Å². The molecule has 0 bridgehead atoms. The Labute approximate surface area is 352 Å². The second-order valence-electron chi connectivity index (χ2n) is 16.7. The average Bonchev–Trinajstić information content (AvgIpc) is 3.14. The molecule has 2 unspecified atom stereocenters. The van der Waals surface area contributed by atoms with Gasteiger partial charge in [-0.3, -0.25) is 0 Å². The fraction of sp³-hybridized carbons (Fsp3) is 1.00.